The van der Waals surface area contributed by atoms with Crippen LogP contribution in [0.3, 0.4) is 0 Å². The van der Waals surface area contributed by atoms with E-state index in [1.54, 1.807) is 21.3 Å². The number of carboxylic acid groups (broad SMARTS) is 3. The third-order valence-corrected chi connectivity index (χ3v) is 4.92. The molecule has 0 aromatic carbocycles. The summed E-state index contributed by atoms with van der Waals surface area (Å²) in [7, 11) is 2.55. The Morgan fingerprint density at radius 2 is 1.07 bits per heavy atom. The molecule has 29 heavy (non-hydrogen) atoms. The summed E-state index contributed by atoms with van der Waals surface area (Å²) in [6.45, 7) is 5.69. The minimum absolute atomic E-state index is 0. The van der Waals surface area contributed by atoms with Gasteiger partial charge >= 0.3 is 97.5 Å². The monoisotopic (exact) mass is 474 g/mol. The molecule has 0 aromatic rings. The van der Waals surface area contributed by atoms with Crippen LogP contribution in [0.1, 0.15) is 27.2 Å². The fraction of sp³-hybridized carbons (Fsp3) is 0.786. The van der Waals surface area contributed by atoms with Crippen LogP contribution >= 0.6 is 0 Å². The normalized spacial score (nSPS) is 8.38. The molecule has 0 rings (SSSR count). The molecule has 15 heteroatoms. The predicted molar refractivity (Wildman–Crippen MR) is 120 cm³/mol. The van der Waals surface area contributed by atoms with Crippen molar-refractivity contribution in [1.29, 1.82) is 0 Å². The van der Waals surface area contributed by atoms with E-state index in [9.17, 15) is 0 Å². The van der Waals surface area contributed by atoms with Crippen molar-refractivity contribution in [2.45, 2.75) is 33.2 Å². The van der Waals surface area contributed by atoms with Crippen molar-refractivity contribution in [2.75, 3.05) is 41.0 Å². The average molecular weight is 475 g/mol. The molecule has 0 aliphatic heterocycles. The number of nitrogens with one attached hydrogen (secondary N) is 1. The first-order valence-corrected chi connectivity index (χ1v) is 9.52. The molecule has 0 unspecified atom stereocenters. The van der Waals surface area contributed by atoms with Crippen molar-refractivity contribution in [3.8, 4) is 0 Å². The van der Waals surface area contributed by atoms with Gasteiger partial charge in [-0.2, -0.15) is 0 Å². The van der Waals surface area contributed by atoms with E-state index in [4.69, 9.17) is 48.7 Å². The Hall–Kier alpha value is 1.43. The van der Waals surface area contributed by atoms with Gasteiger partial charge in [-0.25, -0.2) is 0 Å². The van der Waals surface area contributed by atoms with Gasteiger partial charge in [0.25, 0.3) is 17.9 Å². The molecule has 0 aromatic heterocycles. The fourth-order valence-corrected chi connectivity index (χ4v) is 2.94. The number of rotatable bonds is 9. The molecule has 0 atom stereocenters. The van der Waals surface area contributed by atoms with Crippen molar-refractivity contribution >= 4 is 115 Å². The van der Waals surface area contributed by atoms with E-state index < -0.39 is 26.7 Å². The first-order chi connectivity index (χ1) is 11.9. The summed E-state index contributed by atoms with van der Waals surface area (Å²) in [6.07, 6.45) is 0.974. The quantitative estimate of drug-likeness (QED) is 0.187. The second-order valence-corrected chi connectivity index (χ2v) is 7.59. The number of hydrogen-bond donors (Lipinski definition) is 5. The van der Waals surface area contributed by atoms with E-state index in [1.165, 1.54) is 0 Å². The van der Waals surface area contributed by atoms with Gasteiger partial charge < -0.3 is 39.6 Å². The molecule has 0 saturated heterocycles. The van der Waals surface area contributed by atoms with E-state index in [0.29, 0.717) is 6.54 Å². The number of carboxylic acids is 3. The Morgan fingerprint density at radius 1 is 0.793 bits per heavy atom. The van der Waals surface area contributed by atoms with Gasteiger partial charge in [-0.15, -0.1) is 0 Å². The van der Waals surface area contributed by atoms with Gasteiger partial charge in [0.15, 0.2) is 0 Å². The Labute approximate surface area is 241 Å². The van der Waals surface area contributed by atoms with Crippen molar-refractivity contribution in [2.24, 2.45) is 5.73 Å². The molecule has 6 N–H and O–H groups in total. The van der Waals surface area contributed by atoms with E-state index in [1.807, 2.05) is 0 Å². The molecule has 11 nitrogen and oxygen atoms in total. The molecule has 0 bridgehead atoms. The maximum atomic E-state index is 9.00. The fourth-order valence-electron chi connectivity index (χ4n) is 1.21. The van der Waals surface area contributed by atoms with Crippen LogP contribution in [-0.4, -0.2) is 172 Å². The number of nitrogens with two attached hydrogens (primary N) is 1. The van der Waals surface area contributed by atoms with Crippen LogP contribution in [-0.2, 0) is 27.7 Å². The van der Waals surface area contributed by atoms with Crippen molar-refractivity contribution in [3.05, 3.63) is 0 Å². The van der Waals surface area contributed by atoms with Crippen LogP contribution in [0.2, 0.25) is 6.04 Å². The Balaban J connectivity index is -0.0000000540. The van der Waals surface area contributed by atoms with Crippen molar-refractivity contribution < 1.29 is 43.0 Å². The molecule has 164 valence electrons. The second kappa shape index (κ2) is 36.8. The summed E-state index contributed by atoms with van der Waals surface area (Å²) >= 11 is 0. The summed E-state index contributed by atoms with van der Waals surface area (Å²) in [4.78, 5) is 27.0. The molecule has 0 spiro atoms. The maximum absolute atomic E-state index is 9.00. The zero-order valence-corrected chi connectivity index (χ0v) is 17.4. The predicted octanol–water partition coefficient (Wildman–Crippen LogP) is -1.87. The molecule has 0 amide bonds. The third kappa shape index (κ3) is 65.2. The van der Waals surface area contributed by atoms with Gasteiger partial charge in [-0.05, 0) is 13.0 Å². The van der Waals surface area contributed by atoms with Gasteiger partial charge in [-0.1, -0.05) is 0 Å². The Kier molecular flexibility index (Phi) is 60.9. The standard InChI is InChI=1S/C8H22N2O3Si.3C2H4O2.3Na.3H/c1-11-14(12-2,13-3)8-4-6-10-7-5-9;3*1-2(3)4;;;;;;/h10H,4-9H2,1-3H3;3*1H3,(H,3,4);;;;;;. The van der Waals surface area contributed by atoms with E-state index in [-0.39, 0.29) is 88.7 Å². The van der Waals surface area contributed by atoms with Crippen LogP contribution < -0.4 is 11.1 Å². The van der Waals surface area contributed by atoms with Crippen molar-refractivity contribution in [3.63, 3.8) is 0 Å². The summed E-state index contributed by atoms with van der Waals surface area (Å²) in [5.74, 6) is -2.50. The van der Waals surface area contributed by atoms with E-state index >= 15 is 0 Å². The third-order valence-electron chi connectivity index (χ3n) is 2.09. The van der Waals surface area contributed by atoms with Crippen LogP contribution in [0.15, 0.2) is 0 Å². The van der Waals surface area contributed by atoms with Gasteiger partial charge in [-0.3, -0.25) is 14.4 Å². The van der Waals surface area contributed by atoms with Gasteiger partial charge in [0, 0.05) is 61.2 Å². The molecule has 0 saturated carbocycles. The van der Waals surface area contributed by atoms with E-state index in [0.717, 1.165) is 46.3 Å². The van der Waals surface area contributed by atoms with Crippen LogP contribution in [0.4, 0.5) is 0 Å². The average Bonchev–Trinajstić information content (AvgIpc) is 2.50. The first-order valence-electron chi connectivity index (χ1n) is 7.59. The Bertz CT molecular complexity index is 318. The Morgan fingerprint density at radius 3 is 1.28 bits per heavy atom. The number of hydrogen-bond acceptors (Lipinski definition) is 8. The first kappa shape index (κ1) is 48.0. The van der Waals surface area contributed by atoms with Crippen molar-refractivity contribution in [1.82, 2.24) is 5.32 Å². The molecule has 0 aliphatic rings. The molecule has 0 radical (unpaired) electrons. The van der Waals surface area contributed by atoms with Gasteiger partial charge in [0.1, 0.15) is 0 Å². The summed E-state index contributed by atoms with van der Waals surface area (Å²) in [5, 5.41) is 25.5. The van der Waals surface area contributed by atoms with E-state index in [2.05, 4.69) is 5.32 Å². The topological polar surface area (TPSA) is 178 Å². The number of aliphatic carboxylic acids is 3. The zero-order chi connectivity index (χ0) is 21.6. The molecule has 0 aliphatic carbocycles. The molecule has 0 fully saturated rings. The molecular weight excluding hydrogens is 437 g/mol. The summed E-state index contributed by atoms with van der Waals surface area (Å²) in [5.41, 5.74) is 5.35. The van der Waals surface area contributed by atoms with Gasteiger partial charge in [0.05, 0.1) is 0 Å². The summed E-state index contributed by atoms with van der Waals surface area (Å²) in [6, 6.07) is 0.827. The molecule has 0 heterocycles. The number of carbonyl (C=O) groups is 3. The van der Waals surface area contributed by atoms with Crippen LogP contribution in [0.5, 0.6) is 0 Å². The SMILES string of the molecule is CC(=O)O.CC(=O)O.CC(=O)O.CO[Si](CCCNCCN)(OC)OC.[NaH].[NaH].[NaH]. The zero-order valence-electron chi connectivity index (χ0n) is 16.4. The minimum atomic E-state index is -2.35. The van der Waals surface area contributed by atoms with Crippen LogP contribution in [0.25, 0.3) is 0 Å². The second-order valence-electron chi connectivity index (χ2n) is 4.49. The van der Waals surface area contributed by atoms with Crippen LogP contribution in [0, 0.1) is 0 Å². The molecular formula is C14H37N2Na3O9Si. The summed E-state index contributed by atoms with van der Waals surface area (Å²) < 4.78 is 15.9. The van der Waals surface area contributed by atoms with Gasteiger partial charge in [0.2, 0.25) is 0 Å².